The molecule has 0 saturated heterocycles. The summed E-state index contributed by atoms with van der Waals surface area (Å²) in [6.07, 6.45) is 1.11. The molecule has 5 nitrogen and oxygen atoms in total. The van der Waals surface area contributed by atoms with Crippen molar-refractivity contribution in [2.45, 2.75) is 4.90 Å². The fourth-order valence-electron chi connectivity index (χ4n) is 1.79. The molecule has 0 atom stereocenters. The van der Waals surface area contributed by atoms with Crippen LogP contribution in [0.15, 0.2) is 58.5 Å². The van der Waals surface area contributed by atoms with E-state index in [1.807, 2.05) is 0 Å². The third-order valence-corrected chi connectivity index (χ3v) is 5.48. The quantitative estimate of drug-likeness (QED) is 0.781. The number of nitrogens with zero attached hydrogens (tertiary/aromatic N) is 1. The van der Waals surface area contributed by atoms with E-state index in [4.69, 9.17) is 27.9 Å². The summed E-state index contributed by atoms with van der Waals surface area (Å²) in [7, 11) is -2.46. The summed E-state index contributed by atoms with van der Waals surface area (Å²) in [5.74, 6) is 0.519. The fraction of sp³-hybridized carbons (Fsp3) is 0.0625. The average molecular weight is 383 g/mol. The second kappa shape index (κ2) is 7.58. The van der Waals surface area contributed by atoms with Crippen molar-refractivity contribution in [2.24, 2.45) is 0 Å². The van der Waals surface area contributed by atoms with Gasteiger partial charge < -0.3 is 10.1 Å². The number of nitrogens with one attached hydrogen (secondary N) is 1. The Bertz CT molecular complexity index is 917. The Balaban J connectivity index is 2.31. The normalized spacial score (nSPS) is 11.7. The van der Waals surface area contributed by atoms with Crippen LogP contribution in [0, 0.1) is 11.3 Å². The van der Waals surface area contributed by atoms with Crippen molar-refractivity contribution in [1.82, 2.24) is 0 Å². The molecule has 24 heavy (non-hydrogen) atoms. The summed E-state index contributed by atoms with van der Waals surface area (Å²) in [6, 6.07) is 12.1. The molecule has 124 valence electrons. The molecule has 0 saturated carbocycles. The summed E-state index contributed by atoms with van der Waals surface area (Å²) in [5.41, 5.74) is 0.502. The molecule has 1 N–H and O–H groups in total. The van der Waals surface area contributed by atoms with Crippen molar-refractivity contribution in [3.8, 4) is 11.8 Å². The van der Waals surface area contributed by atoms with Crippen molar-refractivity contribution in [3.63, 3.8) is 0 Å². The fourth-order valence-corrected chi connectivity index (χ4v) is 3.17. The van der Waals surface area contributed by atoms with Gasteiger partial charge in [0.05, 0.1) is 22.1 Å². The van der Waals surface area contributed by atoms with Crippen LogP contribution >= 0.6 is 23.2 Å². The van der Waals surface area contributed by atoms with Crippen LogP contribution in [0.5, 0.6) is 5.75 Å². The molecule has 2 rings (SSSR count). The van der Waals surface area contributed by atoms with Crippen molar-refractivity contribution in [1.29, 1.82) is 5.26 Å². The van der Waals surface area contributed by atoms with E-state index in [-0.39, 0.29) is 4.90 Å². The summed E-state index contributed by atoms with van der Waals surface area (Å²) < 4.78 is 30.0. The lowest BCUT2D eigenvalue weighted by Gasteiger charge is -2.06. The van der Waals surface area contributed by atoms with E-state index >= 15 is 0 Å². The van der Waals surface area contributed by atoms with Crippen LogP contribution in [0.2, 0.25) is 10.0 Å². The maximum absolute atomic E-state index is 12.5. The number of anilines is 1. The zero-order valence-electron chi connectivity index (χ0n) is 12.5. The molecule has 0 amide bonds. The van der Waals surface area contributed by atoms with E-state index in [0.29, 0.717) is 21.5 Å². The van der Waals surface area contributed by atoms with Gasteiger partial charge in [-0.15, -0.1) is 0 Å². The molecule has 0 fully saturated rings. The molecular formula is C16H12Cl2N2O3S. The number of halogens is 2. The number of benzene rings is 2. The molecule has 0 aromatic heterocycles. The minimum atomic E-state index is -3.94. The van der Waals surface area contributed by atoms with E-state index in [1.165, 1.54) is 37.4 Å². The Morgan fingerprint density at radius 3 is 2.38 bits per heavy atom. The third kappa shape index (κ3) is 4.01. The van der Waals surface area contributed by atoms with Crippen molar-refractivity contribution >= 4 is 38.7 Å². The second-order valence-corrected chi connectivity index (χ2v) is 7.31. The van der Waals surface area contributed by atoms with E-state index in [2.05, 4.69) is 5.32 Å². The van der Waals surface area contributed by atoms with Gasteiger partial charge in [0.2, 0.25) is 9.84 Å². The van der Waals surface area contributed by atoms with Gasteiger partial charge in [0.1, 0.15) is 11.8 Å². The SMILES string of the molecule is COc1ccc(S(=O)(=O)C(C#N)=CNc2ccc(Cl)c(Cl)c2)cc1. The van der Waals surface area contributed by atoms with Gasteiger partial charge in [-0.1, -0.05) is 23.2 Å². The highest BCUT2D eigenvalue weighted by Crippen LogP contribution is 2.26. The van der Waals surface area contributed by atoms with Gasteiger partial charge in [0.15, 0.2) is 4.91 Å². The molecular weight excluding hydrogens is 371 g/mol. The highest BCUT2D eigenvalue weighted by molar-refractivity contribution is 7.95. The number of nitriles is 1. The Morgan fingerprint density at radius 1 is 1.17 bits per heavy atom. The van der Waals surface area contributed by atoms with Gasteiger partial charge in [-0.05, 0) is 42.5 Å². The van der Waals surface area contributed by atoms with E-state index in [9.17, 15) is 13.7 Å². The van der Waals surface area contributed by atoms with Crippen LogP contribution in [-0.4, -0.2) is 15.5 Å². The van der Waals surface area contributed by atoms with Crippen LogP contribution in [0.1, 0.15) is 0 Å². The van der Waals surface area contributed by atoms with Crippen molar-refractivity contribution in [3.05, 3.63) is 63.6 Å². The molecule has 0 bridgehead atoms. The molecule has 0 aliphatic carbocycles. The Morgan fingerprint density at radius 2 is 1.83 bits per heavy atom. The van der Waals surface area contributed by atoms with Crippen molar-refractivity contribution in [2.75, 3.05) is 12.4 Å². The molecule has 8 heteroatoms. The first-order valence-electron chi connectivity index (χ1n) is 6.59. The number of sulfone groups is 1. The predicted octanol–water partition coefficient (Wildman–Crippen LogP) is 4.25. The standard InChI is InChI=1S/C16H12Cl2N2O3S/c1-23-12-3-5-13(6-4-12)24(21,22)14(9-19)10-20-11-2-7-15(17)16(18)8-11/h2-8,10,20H,1H3. The minimum Gasteiger partial charge on any atom is -0.497 e. The maximum Gasteiger partial charge on any atom is 0.218 e. The largest absolute Gasteiger partial charge is 0.497 e. The Kier molecular flexibility index (Phi) is 5.73. The topological polar surface area (TPSA) is 79.2 Å². The molecule has 0 aliphatic rings. The number of allylic oxidation sites excluding steroid dienone is 1. The van der Waals surface area contributed by atoms with E-state index in [1.54, 1.807) is 18.2 Å². The lowest BCUT2D eigenvalue weighted by atomic mass is 10.3. The highest BCUT2D eigenvalue weighted by Gasteiger charge is 2.20. The Hall–Kier alpha value is -2.20. The van der Waals surface area contributed by atoms with Gasteiger partial charge in [0.25, 0.3) is 0 Å². The second-order valence-electron chi connectivity index (χ2n) is 4.57. The molecule has 0 radical (unpaired) electrons. The number of hydrogen-bond donors (Lipinski definition) is 1. The zero-order valence-corrected chi connectivity index (χ0v) is 14.8. The summed E-state index contributed by atoms with van der Waals surface area (Å²) in [4.78, 5) is -0.439. The van der Waals surface area contributed by atoms with Gasteiger partial charge in [-0.25, -0.2) is 8.42 Å². The van der Waals surface area contributed by atoms with Crippen LogP contribution in [0.3, 0.4) is 0 Å². The molecule has 2 aromatic rings. The first kappa shape index (κ1) is 18.1. The summed E-state index contributed by atoms with van der Waals surface area (Å²) in [6.45, 7) is 0. The van der Waals surface area contributed by atoms with Crippen molar-refractivity contribution < 1.29 is 13.2 Å². The van der Waals surface area contributed by atoms with E-state index in [0.717, 1.165) is 6.20 Å². The number of ether oxygens (including phenoxy) is 1. The lowest BCUT2D eigenvalue weighted by molar-refractivity contribution is 0.414. The molecule has 0 spiro atoms. The average Bonchev–Trinajstić information content (AvgIpc) is 2.58. The predicted molar refractivity (Wildman–Crippen MR) is 94.0 cm³/mol. The van der Waals surface area contributed by atoms with Crippen LogP contribution in [0.4, 0.5) is 5.69 Å². The highest BCUT2D eigenvalue weighted by atomic mass is 35.5. The number of methoxy groups -OCH3 is 1. The first-order chi connectivity index (χ1) is 11.4. The first-order valence-corrected chi connectivity index (χ1v) is 8.83. The van der Waals surface area contributed by atoms with Gasteiger partial charge in [0, 0.05) is 11.9 Å². The lowest BCUT2D eigenvalue weighted by Crippen LogP contribution is -2.05. The van der Waals surface area contributed by atoms with Gasteiger partial charge in [-0.2, -0.15) is 5.26 Å². The molecule has 0 heterocycles. The molecule has 2 aromatic carbocycles. The van der Waals surface area contributed by atoms with Crippen LogP contribution < -0.4 is 10.1 Å². The van der Waals surface area contributed by atoms with E-state index < -0.39 is 14.7 Å². The van der Waals surface area contributed by atoms with Crippen LogP contribution in [-0.2, 0) is 9.84 Å². The number of rotatable bonds is 5. The van der Waals surface area contributed by atoms with Gasteiger partial charge in [-0.3, -0.25) is 0 Å². The zero-order chi connectivity index (χ0) is 17.7. The monoisotopic (exact) mass is 382 g/mol. The molecule has 0 aliphatic heterocycles. The summed E-state index contributed by atoms with van der Waals surface area (Å²) >= 11 is 11.7. The van der Waals surface area contributed by atoms with Crippen LogP contribution in [0.25, 0.3) is 0 Å². The molecule has 0 unspecified atom stereocenters. The third-order valence-electron chi connectivity index (χ3n) is 3.06. The summed E-state index contributed by atoms with van der Waals surface area (Å²) in [5, 5.41) is 12.6. The number of hydrogen-bond acceptors (Lipinski definition) is 5. The maximum atomic E-state index is 12.5. The Labute approximate surface area is 150 Å². The minimum absolute atomic E-state index is 0.00737. The smallest absolute Gasteiger partial charge is 0.218 e. The van der Waals surface area contributed by atoms with Gasteiger partial charge >= 0.3 is 0 Å².